The van der Waals surface area contributed by atoms with Crippen molar-refractivity contribution in [1.29, 1.82) is 0 Å². The van der Waals surface area contributed by atoms with Crippen molar-refractivity contribution in [3.05, 3.63) is 70.5 Å². The number of pyridine rings is 1. The van der Waals surface area contributed by atoms with Crippen LogP contribution in [0.4, 0.5) is 8.78 Å². The van der Waals surface area contributed by atoms with E-state index in [0.29, 0.717) is 17.5 Å². The minimum Gasteiger partial charge on any atom is -0.390 e. The summed E-state index contributed by atoms with van der Waals surface area (Å²) < 4.78 is 34.1. The predicted molar refractivity (Wildman–Crippen MR) is 114 cm³/mol. The van der Waals surface area contributed by atoms with Crippen LogP contribution in [0.2, 0.25) is 0 Å². The van der Waals surface area contributed by atoms with Gasteiger partial charge in [0.15, 0.2) is 5.78 Å². The van der Waals surface area contributed by atoms with Crippen molar-refractivity contribution in [1.82, 2.24) is 9.97 Å². The van der Waals surface area contributed by atoms with Gasteiger partial charge in [-0.2, -0.15) is 0 Å². The summed E-state index contributed by atoms with van der Waals surface area (Å²) in [5, 5.41) is 21.9. The molecule has 0 bridgehead atoms. The Morgan fingerprint density at radius 1 is 1.25 bits per heavy atom. The number of nitrogens with zero attached hydrogens (tertiary/aromatic N) is 2. The Balaban J connectivity index is 1.56. The lowest BCUT2D eigenvalue weighted by atomic mass is 9.90. The molecule has 2 N–H and O–H groups in total. The van der Waals surface area contributed by atoms with Crippen LogP contribution < -0.4 is 0 Å². The first kappa shape index (κ1) is 22.6. The fourth-order valence-electron chi connectivity index (χ4n) is 3.87. The number of aromatic nitrogens is 2. The van der Waals surface area contributed by atoms with Gasteiger partial charge in [0.05, 0.1) is 23.9 Å². The summed E-state index contributed by atoms with van der Waals surface area (Å²) in [7, 11) is 0. The third-order valence-electron chi connectivity index (χ3n) is 5.58. The summed E-state index contributed by atoms with van der Waals surface area (Å²) in [6.07, 6.45) is 0.897. The van der Waals surface area contributed by atoms with Crippen LogP contribution in [0.1, 0.15) is 47.5 Å². The summed E-state index contributed by atoms with van der Waals surface area (Å²) >= 11 is 0.993. The fourth-order valence-corrected chi connectivity index (χ4v) is 4.74. The SMILES string of the molecule is CC[C@H]1O[C@@H](c2ccncc2CC(=O)c2csc(-c3c(F)cccc3F)n2)C[C@@H](O)[C@@H]1O. The Kier molecular flexibility index (Phi) is 6.71. The van der Waals surface area contributed by atoms with Gasteiger partial charge in [0.25, 0.3) is 0 Å². The fraction of sp³-hybridized carbons (Fsp3) is 0.348. The van der Waals surface area contributed by atoms with E-state index in [1.165, 1.54) is 11.4 Å². The molecule has 1 aliphatic heterocycles. The molecule has 3 aromatic rings. The van der Waals surface area contributed by atoms with Crippen LogP contribution in [0.3, 0.4) is 0 Å². The Hall–Kier alpha value is -2.59. The second kappa shape index (κ2) is 9.50. The van der Waals surface area contributed by atoms with Crippen molar-refractivity contribution in [2.24, 2.45) is 0 Å². The first-order chi connectivity index (χ1) is 15.4. The molecule has 32 heavy (non-hydrogen) atoms. The van der Waals surface area contributed by atoms with Gasteiger partial charge in [0.1, 0.15) is 28.4 Å². The van der Waals surface area contributed by atoms with E-state index in [0.717, 1.165) is 23.5 Å². The monoisotopic (exact) mass is 460 g/mol. The average molecular weight is 461 g/mol. The van der Waals surface area contributed by atoms with Crippen LogP contribution in [-0.2, 0) is 11.2 Å². The number of ketones is 1. The largest absolute Gasteiger partial charge is 0.390 e. The van der Waals surface area contributed by atoms with Gasteiger partial charge >= 0.3 is 0 Å². The smallest absolute Gasteiger partial charge is 0.186 e. The number of hydrogen-bond acceptors (Lipinski definition) is 7. The lowest BCUT2D eigenvalue weighted by molar-refractivity contribution is -0.171. The number of Topliss-reactive ketones (excluding diaryl/α,β-unsaturated/α-hetero) is 1. The number of rotatable bonds is 6. The molecule has 3 heterocycles. The highest BCUT2D eigenvalue weighted by Gasteiger charge is 2.37. The first-order valence-electron chi connectivity index (χ1n) is 10.3. The zero-order valence-corrected chi connectivity index (χ0v) is 18.1. The molecule has 1 fully saturated rings. The van der Waals surface area contributed by atoms with Gasteiger partial charge in [0.2, 0.25) is 0 Å². The van der Waals surface area contributed by atoms with Crippen molar-refractivity contribution in [2.75, 3.05) is 0 Å². The van der Waals surface area contributed by atoms with Crippen molar-refractivity contribution in [2.45, 2.75) is 50.6 Å². The molecule has 0 spiro atoms. The standard InChI is InChI=1S/C23H22F2N2O4S/c1-2-19-22(30)18(29)9-20(31-19)13-6-7-26-10-12(13)8-17(28)16-11-32-23(27-16)21-14(24)4-3-5-15(21)25/h3-7,10-11,18-20,22,29-30H,2,8-9H2,1H3/t18-,19-,20-,22+/m1/s1. The van der Waals surface area contributed by atoms with Crippen LogP contribution in [0.15, 0.2) is 42.0 Å². The molecule has 1 saturated heterocycles. The number of thiazole rings is 1. The van der Waals surface area contributed by atoms with Crippen LogP contribution in [-0.4, -0.2) is 44.3 Å². The van der Waals surface area contributed by atoms with E-state index >= 15 is 0 Å². The summed E-state index contributed by atoms with van der Waals surface area (Å²) in [5.41, 5.74) is 1.15. The lowest BCUT2D eigenvalue weighted by Crippen LogP contribution is -2.45. The second-order valence-electron chi connectivity index (χ2n) is 7.67. The van der Waals surface area contributed by atoms with Crippen LogP contribution in [0, 0.1) is 11.6 Å². The minimum atomic E-state index is -0.963. The van der Waals surface area contributed by atoms with Gasteiger partial charge in [-0.25, -0.2) is 13.8 Å². The quantitative estimate of drug-likeness (QED) is 0.543. The molecule has 6 nitrogen and oxygen atoms in total. The maximum atomic E-state index is 14.1. The molecule has 9 heteroatoms. The second-order valence-corrected chi connectivity index (χ2v) is 8.53. The van der Waals surface area contributed by atoms with E-state index in [4.69, 9.17) is 4.74 Å². The van der Waals surface area contributed by atoms with E-state index in [2.05, 4.69) is 9.97 Å². The molecule has 0 unspecified atom stereocenters. The van der Waals surface area contributed by atoms with E-state index in [-0.39, 0.29) is 34.9 Å². The number of ether oxygens (including phenoxy) is 1. The topological polar surface area (TPSA) is 92.5 Å². The Bertz CT molecular complexity index is 1100. The summed E-state index contributed by atoms with van der Waals surface area (Å²) in [5.74, 6) is -1.82. The van der Waals surface area contributed by atoms with Crippen molar-refractivity contribution < 1.29 is 28.5 Å². The molecular weight excluding hydrogens is 438 g/mol. The zero-order valence-electron chi connectivity index (χ0n) is 17.2. The molecule has 1 aliphatic rings. The molecule has 4 atom stereocenters. The number of carbonyl (C=O) groups excluding carboxylic acids is 1. The average Bonchev–Trinajstić information content (AvgIpc) is 3.26. The first-order valence-corrected chi connectivity index (χ1v) is 11.1. The number of aliphatic hydroxyl groups is 2. The molecule has 2 aromatic heterocycles. The highest BCUT2D eigenvalue weighted by Crippen LogP contribution is 2.35. The Morgan fingerprint density at radius 3 is 2.72 bits per heavy atom. The van der Waals surface area contributed by atoms with Crippen molar-refractivity contribution in [3.63, 3.8) is 0 Å². The van der Waals surface area contributed by atoms with Crippen molar-refractivity contribution >= 4 is 17.1 Å². The normalized spacial score (nSPS) is 23.3. The molecule has 0 radical (unpaired) electrons. The molecule has 4 rings (SSSR count). The molecule has 0 amide bonds. The van der Waals surface area contributed by atoms with E-state index < -0.39 is 36.1 Å². The van der Waals surface area contributed by atoms with Gasteiger partial charge in [-0.05, 0) is 35.7 Å². The zero-order chi connectivity index (χ0) is 22.8. The Labute approximate surface area is 187 Å². The molecular formula is C23H22F2N2O4S. The third kappa shape index (κ3) is 4.47. The highest BCUT2D eigenvalue weighted by molar-refractivity contribution is 7.13. The maximum Gasteiger partial charge on any atom is 0.186 e. The van der Waals surface area contributed by atoms with Gasteiger partial charge in [-0.1, -0.05) is 13.0 Å². The number of benzene rings is 1. The highest BCUT2D eigenvalue weighted by atomic mass is 32.1. The predicted octanol–water partition coefficient (Wildman–Crippen LogP) is 3.87. The van der Waals surface area contributed by atoms with E-state index in [1.807, 2.05) is 6.92 Å². The summed E-state index contributed by atoms with van der Waals surface area (Å²) in [4.78, 5) is 21.2. The van der Waals surface area contributed by atoms with Gasteiger partial charge < -0.3 is 14.9 Å². The Morgan fingerprint density at radius 2 is 2.00 bits per heavy atom. The summed E-state index contributed by atoms with van der Waals surface area (Å²) in [6, 6.07) is 5.28. The van der Waals surface area contributed by atoms with Crippen LogP contribution >= 0.6 is 11.3 Å². The van der Waals surface area contributed by atoms with Gasteiger partial charge in [-0.15, -0.1) is 11.3 Å². The molecule has 1 aromatic carbocycles. The number of aliphatic hydroxyl groups excluding tert-OH is 2. The number of hydrogen-bond donors (Lipinski definition) is 2. The minimum absolute atomic E-state index is 0.0403. The van der Waals surface area contributed by atoms with Crippen LogP contribution in [0.25, 0.3) is 10.6 Å². The van der Waals surface area contributed by atoms with Gasteiger partial charge in [-0.3, -0.25) is 9.78 Å². The third-order valence-corrected chi connectivity index (χ3v) is 6.44. The number of carbonyl (C=O) groups is 1. The maximum absolute atomic E-state index is 14.1. The molecule has 168 valence electrons. The van der Waals surface area contributed by atoms with Gasteiger partial charge in [0, 0.05) is 30.6 Å². The van der Waals surface area contributed by atoms with Crippen molar-refractivity contribution in [3.8, 4) is 10.6 Å². The van der Waals surface area contributed by atoms with E-state index in [1.54, 1.807) is 18.5 Å². The molecule has 0 aliphatic carbocycles. The lowest BCUT2D eigenvalue weighted by Gasteiger charge is -2.37. The summed E-state index contributed by atoms with van der Waals surface area (Å²) in [6.45, 7) is 1.86. The van der Waals surface area contributed by atoms with E-state index in [9.17, 15) is 23.8 Å². The molecule has 0 saturated carbocycles. The number of halogens is 2. The van der Waals surface area contributed by atoms with Crippen LogP contribution in [0.5, 0.6) is 0 Å².